The lowest BCUT2D eigenvalue weighted by molar-refractivity contribution is -0.302. The number of benzene rings is 5. The monoisotopic (exact) mass is 578 g/mol. The molecule has 7 rings (SSSR count). The van der Waals surface area contributed by atoms with Gasteiger partial charge in [-0.2, -0.15) is 9.78 Å². The average Bonchev–Trinajstić information content (AvgIpc) is 3.71. The number of aliphatic imine (C=N–C) groups is 4. The lowest BCUT2D eigenvalue weighted by Crippen LogP contribution is -2.34. The molecule has 0 bridgehead atoms. The smallest absolute Gasteiger partial charge is 0.249 e. The highest BCUT2D eigenvalue weighted by Crippen LogP contribution is 2.39. The van der Waals surface area contributed by atoms with Crippen LogP contribution in [0.4, 0.5) is 0 Å². The van der Waals surface area contributed by atoms with Crippen LogP contribution in [0, 0.1) is 0 Å². The summed E-state index contributed by atoms with van der Waals surface area (Å²) in [5.74, 6) is 0.726. The highest BCUT2D eigenvalue weighted by Gasteiger charge is 2.46. The van der Waals surface area contributed by atoms with Gasteiger partial charge in [0.15, 0.2) is 11.7 Å². The van der Waals surface area contributed by atoms with Crippen LogP contribution >= 0.6 is 0 Å². The van der Waals surface area contributed by atoms with Crippen molar-refractivity contribution in [2.75, 3.05) is 0 Å². The zero-order chi connectivity index (χ0) is 30.0. The van der Waals surface area contributed by atoms with Crippen molar-refractivity contribution in [1.82, 2.24) is 0 Å². The lowest BCUT2D eigenvalue weighted by atomic mass is 9.93. The molecule has 0 saturated carbocycles. The van der Waals surface area contributed by atoms with Crippen molar-refractivity contribution >= 4 is 23.1 Å². The molecule has 2 unspecified atom stereocenters. The molecule has 2 N–H and O–H groups in total. The molecular weight excluding hydrogens is 552 g/mol. The molecule has 0 saturated heterocycles. The fourth-order valence-corrected chi connectivity index (χ4v) is 5.55. The van der Waals surface area contributed by atoms with Gasteiger partial charge >= 0.3 is 0 Å². The molecule has 44 heavy (non-hydrogen) atoms. The molecule has 214 valence electrons. The first-order chi connectivity index (χ1) is 21.7. The van der Waals surface area contributed by atoms with Crippen molar-refractivity contribution in [1.29, 1.82) is 0 Å². The van der Waals surface area contributed by atoms with Gasteiger partial charge in [-0.25, -0.2) is 30.5 Å². The predicted molar refractivity (Wildman–Crippen MR) is 169 cm³/mol. The number of amidine groups is 2. The Morgan fingerprint density at radius 1 is 0.409 bits per heavy atom. The molecule has 2 atom stereocenters. The predicted octanol–water partition coefficient (Wildman–Crippen LogP) is 6.87. The van der Waals surface area contributed by atoms with Crippen molar-refractivity contribution in [2.45, 2.75) is 11.4 Å². The first-order valence-electron chi connectivity index (χ1n) is 14.0. The number of hydrogen-bond donors (Lipinski definition) is 2. The van der Waals surface area contributed by atoms with Crippen LogP contribution < -0.4 is 0 Å². The summed E-state index contributed by atoms with van der Waals surface area (Å²) < 4.78 is 0. The van der Waals surface area contributed by atoms with Crippen LogP contribution in [0.2, 0.25) is 0 Å². The SMILES string of the molecule is OOC1(c2ccccc2)N=C(c2cccc(C3=NC(OO)(c4ccccc4)C(c4ccccc4)=N3)c2)N=C1c1ccccc1. The van der Waals surface area contributed by atoms with E-state index in [9.17, 15) is 10.5 Å². The highest BCUT2D eigenvalue weighted by molar-refractivity contribution is 6.22. The van der Waals surface area contributed by atoms with Crippen LogP contribution in [0.15, 0.2) is 166 Å². The summed E-state index contributed by atoms with van der Waals surface area (Å²) in [7, 11) is 0. The van der Waals surface area contributed by atoms with Gasteiger partial charge in [0.1, 0.15) is 11.4 Å². The molecule has 8 heteroatoms. The quantitative estimate of drug-likeness (QED) is 0.155. The van der Waals surface area contributed by atoms with E-state index < -0.39 is 11.4 Å². The molecule has 0 spiro atoms. The Kier molecular flexibility index (Phi) is 7.09. The van der Waals surface area contributed by atoms with Crippen molar-refractivity contribution in [3.8, 4) is 0 Å². The summed E-state index contributed by atoms with van der Waals surface area (Å²) in [4.78, 5) is 29.9. The van der Waals surface area contributed by atoms with E-state index in [2.05, 4.69) is 0 Å². The van der Waals surface area contributed by atoms with Gasteiger partial charge in [0.05, 0.1) is 0 Å². The normalized spacial score (nSPS) is 21.0. The molecule has 5 aromatic carbocycles. The lowest BCUT2D eigenvalue weighted by Gasteiger charge is -2.25. The molecule has 5 aromatic rings. The van der Waals surface area contributed by atoms with Gasteiger partial charge in [-0.05, 0) is 6.07 Å². The second-order valence-corrected chi connectivity index (χ2v) is 10.3. The van der Waals surface area contributed by atoms with Crippen LogP contribution in [0.5, 0.6) is 0 Å². The van der Waals surface area contributed by atoms with Crippen molar-refractivity contribution in [2.24, 2.45) is 20.0 Å². The van der Waals surface area contributed by atoms with Gasteiger partial charge < -0.3 is 0 Å². The van der Waals surface area contributed by atoms with Crippen molar-refractivity contribution in [3.63, 3.8) is 0 Å². The van der Waals surface area contributed by atoms with Crippen LogP contribution in [0.25, 0.3) is 0 Å². The van der Waals surface area contributed by atoms with E-state index in [-0.39, 0.29) is 0 Å². The minimum atomic E-state index is -1.56. The number of hydrogen-bond acceptors (Lipinski definition) is 8. The van der Waals surface area contributed by atoms with E-state index >= 15 is 0 Å². The van der Waals surface area contributed by atoms with Crippen molar-refractivity contribution < 1.29 is 20.3 Å². The maximum Gasteiger partial charge on any atom is 0.262 e. The van der Waals surface area contributed by atoms with Gasteiger partial charge in [-0.1, -0.05) is 140 Å². The Labute approximate surface area is 253 Å². The second kappa shape index (κ2) is 11.4. The third-order valence-corrected chi connectivity index (χ3v) is 7.67. The van der Waals surface area contributed by atoms with Gasteiger partial charge in [0.2, 0.25) is 0 Å². The summed E-state index contributed by atoms with van der Waals surface area (Å²) in [5.41, 5.74) is 1.85. The fraction of sp³-hybridized carbons (Fsp3) is 0.0556. The van der Waals surface area contributed by atoms with Gasteiger partial charge in [0, 0.05) is 33.4 Å². The number of nitrogens with zero attached hydrogens (tertiary/aromatic N) is 4. The molecule has 0 aromatic heterocycles. The summed E-state index contributed by atoms with van der Waals surface area (Å²) >= 11 is 0. The topological polar surface area (TPSA) is 108 Å². The van der Waals surface area contributed by atoms with Gasteiger partial charge in [-0.3, -0.25) is 0 Å². The minimum Gasteiger partial charge on any atom is -0.249 e. The molecule has 0 amide bonds. The van der Waals surface area contributed by atoms with Crippen LogP contribution in [0.3, 0.4) is 0 Å². The highest BCUT2D eigenvalue weighted by atomic mass is 17.1. The minimum absolute atomic E-state index is 0.363. The zero-order valence-electron chi connectivity index (χ0n) is 23.4. The summed E-state index contributed by atoms with van der Waals surface area (Å²) in [6.07, 6.45) is 0. The molecule has 0 fully saturated rings. The first kappa shape index (κ1) is 27.5. The van der Waals surface area contributed by atoms with Gasteiger partial charge in [-0.15, -0.1) is 0 Å². The summed E-state index contributed by atoms with van der Waals surface area (Å²) in [6, 6.07) is 45.0. The Bertz CT molecular complexity index is 1790. The van der Waals surface area contributed by atoms with Crippen LogP contribution in [-0.2, 0) is 21.2 Å². The number of rotatable bonds is 8. The molecular formula is C36H26N4O4. The van der Waals surface area contributed by atoms with E-state index in [4.69, 9.17) is 29.7 Å². The van der Waals surface area contributed by atoms with Gasteiger partial charge in [0.25, 0.3) is 11.4 Å². The average molecular weight is 579 g/mol. The Morgan fingerprint density at radius 3 is 1.11 bits per heavy atom. The summed E-state index contributed by atoms with van der Waals surface area (Å²) in [6.45, 7) is 0. The first-order valence-corrected chi connectivity index (χ1v) is 14.0. The molecule has 0 aliphatic carbocycles. The largest absolute Gasteiger partial charge is 0.262 e. The van der Waals surface area contributed by atoms with Crippen molar-refractivity contribution in [3.05, 3.63) is 179 Å². The third kappa shape index (κ3) is 4.59. The maximum absolute atomic E-state index is 10.4. The van der Waals surface area contributed by atoms with E-state index in [0.717, 1.165) is 11.1 Å². The van der Waals surface area contributed by atoms with Crippen LogP contribution in [-0.4, -0.2) is 33.6 Å². The zero-order valence-corrected chi connectivity index (χ0v) is 23.4. The molecule has 2 heterocycles. The Balaban J connectivity index is 1.36. The molecule has 2 aliphatic heterocycles. The molecule has 0 radical (unpaired) electrons. The Morgan fingerprint density at radius 2 is 0.750 bits per heavy atom. The summed E-state index contributed by atoms with van der Waals surface area (Å²) in [5, 5.41) is 20.7. The maximum atomic E-state index is 10.4. The van der Waals surface area contributed by atoms with E-state index in [1.54, 1.807) is 0 Å². The standard InChI is InChI=1S/C36H26N4O4/c41-43-35(29-20-9-3-10-21-29)31(25-14-5-1-6-15-25)37-33(39-35)27-18-13-19-28(24-27)34-38-32(26-16-7-2-8-17-26)36(40-34,44-42)30-22-11-4-12-23-30/h1-24,41-42H. The second-order valence-electron chi connectivity index (χ2n) is 10.3. The Hall–Kier alpha value is -5.38. The fourth-order valence-electron chi connectivity index (χ4n) is 5.55. The molecule has 8 nitrogen and oxygen atoms in total. The third-order valence-electron chi connectivity index (χ3n) is 7.67. The molecule has 2 aliphatic rings. The van der Waals surface area contributed by atoms with E-state index in [1.165, 1.54) is 0 Å². The van der Waals surface area contributed by atoms with E-state index in [0.29, 0.717) is 45.3 Å². The van der Waals surface area contributed by atoms with E-state index in [1.807, 2.05) is 146 Å². The van der Waals surface area contributed by atoms with Crippen LogP contribution in [0.1, 0.15) is 33.4 Å².